The minimum absolute atomic E-state index is 0.438. The van der Waals surface area contributed by atoms with Gasteiger partial charge in [-0.3, -0.25) is 21.3 Å². The standard InChI is InChI=1S/C33H49BN7/c1-39-14-22-23(15-39)29-25-24-26-16-8-2-3-9-17(16)27(24)36-31-19-11-5-7-13-21(19)33(38-29)41(31)34-40-30(35-26)18-10-4-6-12-20(18)32(40)37-28(22)25/h14-21,24-33,35-38H,2-13H2,1H3. The monoisotopic (exact) mass is 554 g/mol. The van der Waals surface area contributed by atoms with Gasteiger partial charge in [0.05, 0.1) is 24.7 Å². The van der Waals surface area contributed by atoms with Crippen molar-refractivity contribution in [1.82, 2.24) is 35.5 Å². The molecule has 5 aliphatic carbocycles. The highest BCUT2D eigenvalue weighted by molar-refractivity contribution is 6.29. The lowest BCUT2D eigenvalue weighted by atomic mass is 9.73. The van der Waals surface area contributed by atoms with Crippen LogP contribution in [0.1, 0.15) is 100 Å². The van der Waals surface area contributed by atoms with Crippen molar-refractivity contribution in [3.63, 3.8) is 0 Å². The highest BCUT2D eigenvalue weighted by atomic mass is 15.5. The van der Waals surface area contributed by atoms with Crippen LogP contribution in [0.5, 0.6) is 0 Å². The Morgan fingerprint density at radius 3 is 1.37 bits per heavy atom. The molecule has 1 radical (unpaired) electrons. The number of hydrogen-bond acceptors (Lipinski definition) is 6. The minimum Gasteiger partial charge on any atom is -0.357 e. The first-order valence-corrected chi connectivity index (χ1v) is 17.8. The lowest BCUT2D eigenvalue weighted by Crippen LogP contribution is -2.64. The summed E-state index contributed by atoms with van der Waals surface area (Å²) in [5, 5.41) is 18.3. The van der Waals surface area contributed by atoms with E-state index in [2.05, 4.69) is 62.4 Å². The molecule has 4 N–H and O–H groups in total. The van der Waals surface area contributed by atoms with E-state index < -0.39 is 0 Å². The van der Waals surface area contributed by atoms with Crippen molar-refractivity contribution in [3.8, 4) is 0 Å². The van der Waals surface area contributed by atoms with Crippen LogP contribution < -0.4 is 21.3 Å². The molecule has 1 aromatic rings. The van der Waals surface area contributed by atoms with Gasteiger partial charge in [0.15, 0.2) is 0 Å². The van der Waals surface area contributed by atoms with Gasteiger partial charge in [0, 0.05) is 49.5 Å². The number of aryl methyl sites for hydroxylation is 1. The summed E-state index contributed by atoms with van der Waals surface area (Å²) in [5.41, 5.74) is 3.23. The van der Waals surface area contributed by atoms with Gasteiger partial charge in [-0.05, 0) is 91.1 Å². The minimum atomic E-state index is 0.438. The molecule has 41 heavy (non-hydrogen) atoms. The molecule has 6 saturated heterocycles. The van der Waals surface area contributed by atoms with E-state index in [0.29, 0.717) is 60.7 Å². The van der Waals surface area contributed by atoms with Crippen molar-refractivity contribution in [2.24, 2.45) is 54.4 Å². The van der Waals surface area contributed by atoms with E-state index in [1.807, 2.05) is 0 Å². The first kappa shape index (κ1) is 24.4. The van der Waals surface area contributed by atoms with Crippen molar-refractivity contribution in [3.05, 3.63) is 23.5 Å². The fraction of sp³-hybridized carbons (Fsp3) is 0.879. The largest absolute Gasteiger partial charge is 0.357 e. The average molecular weight is 555 g/mol. The van der Waals surface area contributed by atoms with Crippen LogP contribution in [-0.4, -0.2) is 58.5 Å². The number of nitrogens with zero attached hydrogens (tertiary/aromatic N) is 3. The molecule has 10 fully saturated rings. The van der Waals surface area contributed by atoms with E-state index in [1.165, 1.54) is 77.0 Å². The third-order valence-electron chi connectivity index (χ3n) is 14.9. The summed E-state index contributed by atoms with van der Waals surface area (Å²) >= 11 is 0. The molecular weight excluding hydrogens is 505 g/mol. The molecule has 12 bridgehead atoms. The summed E-state index contributed by atoms with van der Waals surface area (Å²) in [4.78, 5) is 5.80. The average Bonchev–Trinajstić information content (AvgIpc) is 3.75. The molecule has 8 heteroatoms. The van der Waals surface area contributed by atoms with Crippen LogP contribution in [0.4, 0.5) is 0 Å². The van der Waals surface area contributed by atoms with Crippen LogP contribution in [0.2, 0.25) is 0 Å². The maximum atomic E-state index is 4.63. The summed E-state index contributed by atoms with van der Waals surface area (Å²) in [6.45, 7) is 0. The molecule has 7 nitrogen and oxygen atoms in total. The van der Waals surface area contributed by atoms with E-state index in [9.17, 15) is 0 Å². The Bertz CT molecular complexity index is 1150. The Morgan fingerprint density at radius 1 is 0.537 bits per heavy atom. The third-order valence-corrected chi connectivity index (χ3v) is 14.9. The van der Waals surface area contributed by atoms with Crippen LogP contribution >= 0.6 is 0 Å². The molecule has 219 valence electrons. The first-order valence-electron chi connectivity index (χ1n) is 17.8. The van der Waals surface area contributed by atoms with Gasteiger partial charge in [-0.1, -0.05) is 38.5 Å². The van der Waals surface area contributed by atoms with E-state index in [1.54, 1.807) is 11.1 Å². The number of fused-ring (bicyclic) bond motifs is 4. The predicted molar refractivity (Wildman–Crippen MR) is 159 cm³/mol. The highest BCUT2D eigenvalue weighted by Gasteiger charge is 2.66. The van der Waals surface area contributed by atoms with Gasteiger partial charge in [-0.25, -0.2) is 0 Å². The summed E-state index contributed by atoms with van der Waals surface area (Å²) in [6.07, 6.45) is 23.9. The lowest BCUT2D eigenvalue weighted by Gasteiger charge is -2.44. The zero-order valence-corrected chi connectivity index (χ0v) is 24.8. The molecule has 1 aromatic heterocycles. The van der Waals surface area contributed by atoms with E-state index in [-0.39, 0.29) is 0 Å². The first-order chi connectivity index (χ1) is 20.2. The van der Waals surface area contributed by atoms with Gasteiger partial charge < -0.3 is 14.2 Å². The SMILES string of the molecule is Cn1cc2c(c1)C1NC3C4CCCCC4C4NC5C6CCCCC6C6NC7C8CCCCC8C(NC2C1C65)N7[B]N34. The van der Waals surface area contributed by atoms with Crippen molar-refractivity contribution < 1.29 is 0 Å². The quantitative estimate of drug-likeness (QED) is 0.369. The number of rotatable bonds is 0. The van der Waals surface area contributed by atoms with Crippen LogP contribution in [-0.2, 0) is 7.05 Å². The summed E-state index contributed by atoms with van der Waals surface area (Å²) in [7, 11) is 4.97. The molecule has 0 spiro atoms. The Hall–Kier alpha value is -0.895. The van der Waals surface area contributed by atoms with Crippen molar-refractivity contribution >= 4 is 7.55 Å². The molecule has 7 heterocycles. The number of aromatic nitrogens is 1. The predicted octanol–water partition coefficient (Wildman–Crippen LogP) is 3.39. The van der Waals surface area contributed by atoms with Crippen LogP contribution in [0.15, 0.2) is 12.4 Å². The van der Waals surface area contributed by atoms with E-state index in [0.717, 1.165) is 35.5 Å². The highest BCUT2D eigenvalue weighted by Crippen LogP contribution is 2.61. The maximum absolute atomic E-state index is 4.63. The van der Waals surface area contributed by atoms with Crippen molar-refractivity contribution in [2.45, 2.75) is 126 Å². The second-order valence-corrected chi connectivity index (χ2v) is 16.3. The molecule has 4 saturated carbocycles. The fourth-order valence-corrected chi connectivity index (χ4v) is 13.6. The molecule has 0 amide bonds. The Kier molecular flexibility index (Phi) is 5.14. The molecule has 11 aliphatic rings. The molecule has 12 rings (SSSR count). The topological polar surface area (TPSA) is 59.5 Å². The summed E-state index contributed by atoms with van der Waals surface area (Å²) in [5.74, 6) is 5.96. The van der Waals surface area contributed by atoms with Gasteiger partial charge in [0.25, 0.3) is 0 Å². The number of nitrogens with one attached hydrogen (secondary N) is 4. The molecular formula is C33H49BN7. The molecule has 6 aliphatic heterocycles. The van der Waals surface area contributed by atoms with Gasteiger partial charge in [0.1, 0.15) is 0 Å². The fourth-order valence-electron chi connectivity index (χ4n) is 13.6. The zero-order valence-electron chi connectivity index (χ0n) is 24.8. The molecule has 16 atom stereocenters. The van der Waals surface area contributed by atoms with E-state index in [4.69, 9.17) is 0 Å². The Balaban J connectivity index is 1.18. The lowest BCUT2D eigenvalue weighted by molar-refractivity contribution is 0.0966. The zero-order chi connectivity index (χ0) is 26.6. The van der Waals surface area contributed by atoms with Crippen LogP contribution in [0, 0.1) is 47.3 Å². The summed E-state index contributed by atoms with van der Waals surface area (Å²) in [6, 6.07) is 2.13. The third kappa shape index (κ3) is 3.09. The van der Waals surface area contributed by atoms with Gasteiger partial charge >= 0.3 is 7.55 Å². The van der Waals surface area contributed by atoms with Crippen LogP contribution in [0.25, 0.3) is 0 Å². The van der Waals surface area contributed by atoms with E-state index >= 15 is 0 Å². The molecule has 0 aromatic carbocycles. The normalized spacial score (nSPS) is 59.0. The van der Waals surface area contributed by atoms with Crippen LogP contribution in [0.3, 0.4) is 0 Å². The Morgan fingerprint density at radius 2 is 0.927 bits per heavy atom. The Labute approximate surface area is 246 Å². The van der Waals surface area contributed by atoms with Gasteiger partial charge in [-0.2, -0.15) is 0 Å². The maximum Gasteiger partial charge on any atom is 0.318 e. The molecule has 16 unspecified atom stereocenters. The number of hydrogen-bond donors (Lipinski definition) is 4. The second kappa shape index (κ2) is 8.63. The smallest absolute Gasteiger partial charge is 0.318 e. The second-order valence-electron chi connectivity index (χ2n) is 16.3. The van der Waals surface area contributed by atoms with Gasteiger partial charge in [-0.15, -0.1) is 0 Å². The van der Waals surface area contributed by atoms with Gasteiger partial charge in [0.2, 0.25) is 0 Å². The van der Waals surface area contributed by atoms with Crippen molar-refractivity contribution in [2.75, 3.05) is 0 Å². The van der Waals surface area contributed by atoms with Crippen molar-refractivity contribution in [1.29, 1.82) is 0 Å². The summed E-state index contributed by atoms with van der Waals surface area (Å²) < 4.78 is 2.37.